The van der Waals surface area contributed by atoms with E-state index in [0.717, 1.165) is 0 Å². The summed E-state index contributed by atoms with van der Waals surface area (Å²) in [7, 11) is 0. The van der Waals surface area contributed by atoms with Crippen LogP contribution in [0.15, 0.2) is 0 Å². The molecule has 0 bridgehead atoms. The molecule has 0 fully saturated rings. The topological polar surface area (TPSA) is 6.48 Å². The minimum Gasteiger partial charge on any atom is -0.324 e. The third-order valence-electron chi connectivity index (χ3n) is 3.25. The van der Waals surface area contributed by atoms with Gasteiger partial charge in [-0.3, -0.25) is 0 Å². The highest BCUT2D eigenvalue weighted by Crippen LogP contribution is 2.16. The summed E-state index contributed by atoms with van der Waals surface area (Å²) in [5.74, 6) is 0. The van der Waals surface area contributed by atoms with Crippen LogP contribution in [-0.4, -0.2) is 40.8 Å². The van der Waals surface area contributed by atoms with Crippen LogP contribution >= 0.6 is 0 Å². The normalized spacial score (nSPS) is 12.9. The lowest BCUT2D eigenvalue weighted by Crippen LogP contribution is -2.60. The molecule has 0 aliphatic carbocycles. The van der Waals surface area contributed by atoms with Gasteiger partial charge in [-0.1, -0.05) is 62.2 Å². The molecule has 0 atom stereocenters. The van der Waals surface area contributed by atoms with Gasteiger partial charge in [-0.2, -0.15) is 0 Å². The van der Waals surface area contributed by atoms with Gasteiger partial charge in [0.2, 0.25) is 0 Å². The van der Waals surface area contributed by atoms with Crippen molar-refractivity contribution in [2.45, 2.75) is 86.4 Å². The lowest BCUT2D eigenvalue weighted by molar-refractivity contribution is 0.224. The molecule has 0 spiro atoms. The summed E-state index contributed by atoms with van der Waals surface area (Å²) in [6.07, 6.45) is 0. The SMILES string of the molecule is CB(N(C(C)C)C(C)C)N(C(C)C)C(C)C. The first-order chi connectivity index (χ1) is 7.20. The van der Waals surface area contributed by atoms with Gasteiger partial charge < -0.3 is 9.62 Å². The van der Waals surface area contributed by atoms with E-state index in [1.54, 1.807) is 0 Å². The van der Waals surface area contributed by atoms with E-state index in [1.807, 2.05) is 0 Å². The third-order valence-corrected chi connectivity index (χ3v) is 3.25. The molecule has 0 aromatic carbocycles. The molecule has 0 unspecified atom stereocenters. The maximum atomic E-state index is 2.58. The van der Waals surface area contributed by atoms with Crippen molar-refractivity contribution in [3.63, 3.8) is 0 Å². The zero-order valence-electron chi connectivity index (χ0n) is 12.8. The summed E-state index contributed by atoms with van der Waals surface area (Å²) in [5.41, 5.74) is 0. The minimum absolute atomic E-state index is 0.500. The van der Waals surface area contributed by atoms with Crippen molar-refractivity contribution in [3.8, 4) is 0 Å². The summed E-state index contributed by atoms with van der Waals surface area (Å²) in [6, 6.07) is 2.37. The molecule has 0 radical (unpaired) electrons. The number of hydrogen-bond acceptors (Lipinski definition) is 2. The first kappa shape index (κ1) is 16.0. The Kier molecular flexibility index (Phi) is 6.65. The van der Waals surface area contributed by atoms with E-state index in [2.05, 4.69) is 71.8 Å². The summed E-state index contributed by atoms with van der Waals surface area (Å²) in [4.78, 5) is 5.17. The average molecular weight is 226 g/mol. The van der Waals surface area contributed by atoms with Crippen LogP contribution < -0.4 is 0 Å². The Hall–Kier alpha value is -0.0151. The van der Waals surface area contributed by atoms with E-state index in [1.165, 1.54) is 0 Å². The van der Waals surface area contributed by atoms with Gasteiger partial charge >= 0.3 is 6.98 Å². The molecule has 0 aromatic rings. The highest BCUT2D eigenvalue weighted by Gasteiger charge is 2.32. The molecule has 0 N–H and O–H groups in total. The van der Waals surface area contributed by atoms with Crippen LogP contribution in [0.3, 0.4) is 0 Å². The zero-order valence-corrected chi connectivity index (χ0v) is 12.8. The van der Waals surface area contributed by atoms with Crippen molar-refractivity contribution in [2.24, 2.45) is 0 Å². The van der Waals surface area contributed by atoms with Crippen LogP contribution in [0.5, 0.6) is 0 Å². The van der Waals surface area contributed by atoms with Gasteiger partial charge in [0, 0.05) is 0 Å². The molecule has 96 valence electrons. The van der Waals surface area contributed by atoms with E-state index in [-0.39, 0.29) is 0 Å². The smallest absolute Gasteiger partial charge is 0.308 e. The van der Waals surface area contributed by atoms with E-state index in [4.69, 9.17) is 0 Å². The molecule has 0 aliphatic rings. The number of nitrogens with zero attached hydrogens (tertiary/aromatic N) is 2. The molecule has 16 heavy (non-hydrogen) atoms. The highest BCUT2D eigenvalue weighted by molar-refractivity contribution is 6.51. The molecular formula is C13H31BN2. The number of rotatable bonds is 6. The molecule has 3 heteroatoms. The zero-order chi connectivity index (χ0) is 13.0. The molecular weight excluding hydrogens is 195 g/mol. The van der Waals surface area contributed by atoms with Crippen molar-refractivity contribution < 1.29 is 0 Å². The van der Waals surface area contributed by atoms with Gasteiger partial charge in [-0.05, 0) is 24.2 Å². The lowest BCUT2D eigenvalue weighted by atomic mass is 9.70. The van der Waals surface area contributed by atoms with E-state index in [9.17, 15) is 0 Å². The quantitative estimate of drug-likeness (QED) is 0.641. The van der Waals surface area contributed by atoms with Gasteiger partial charge in [0.25, 0.3) is 0 Å². The maximum Gasteiger partial charge on any atom is 0.308 e. The number of hydrogen-bond donors (Lipinski definition) is 0. The van der Waals surface area contributed by atoms with Crippen molar-refractivity contribution in [2.75, 3.05) is 0 Å². The van der Waals surface area contributed by atoms with Crippen LogP contribution in [-0.2, 0) is 0 Å². The Morgan fingerprint density at radius 1 is 0.562 bits per heavy atom. The predicted octanol–water partition coefficient (Wildman–Crippen LogP) is 3.34. The van der Waals surface area contributed by atoms with Crippen molar-refractivity contribution in [1.29, 1.82) is 0 Å². The summed E-state index contributed by atoms with van der Waals surface area (Å²) >= 11 is 0. The summed E-state index contributed by atoms with van der Waals surface area (Å²) in [5, 5.41) is 0. The standard InChI is InChI=1S/C13H31BN2/c1-10(2)15(11(3)4)14(9)16(12(5)6)13(7)8/h10-13H,1-9H3. The Morgan fingerprint density at radius 2 is 0.750 bits per heavy atom. The van der Waals surface area contributed by atoms with E-state index >= 15 is 0 Å². The molecule has 0 aromatic heterocycles. The van der Waals surface area contributed by atoms with Gasteiger partial charge in [-0.15, -0.1) is 0 Å². The third kappa shape index (κ3) is 4.10. The van der Waals surface area contributed by atoms with E-state index in [0.29, 0.717) is 31.1 Å². The van der Waals surface area contributed by atoms with Crippen LogP contribution in [0.25, 0.3) is 0 Å². The van der Waals surface area contributed by atoms with Crippen molar-refractivity contribution in [3.05, 3.63) is 0 Å². The molecule has 0 aliphatic heterocycles. The van der Waals surface area contributed by atoms with E-state index < -0.39 is 0 Å². The largest absolute Gasteiger partial charge is 0.324 e. The Bertz CT molecular complexity index is 154. The minimum atomic E-state index is 0.500. The van der Waals surface area contributed by atoms with Gasteiger partial charge in [0.15, 0.2) is 0 Å². The second-order valence-corrected chi connectivity index (χ2v) is 5.90. The van der Waals surface area contributed by atoms with Gasteiger partial charge in [0.05, 0.1) is 0 Å². The fourth-order valence-corrected chi connectivity index (χ4v) is 3.07. The predicted molar refractivity (Wildman–Crippen MR) is 75.8 cm³/mol. The first-order valence-corrected chi connectivity index (χ1v) is 6.75. The molecule has 2 nitrogen and oxygen atoms in total. The Morgan fingerprint density at radius 3 is 0.875 bits per heavy atom. The molecule has 0 rings (SSSR count). The lowest BCUT2D eigenvalue weighted by Gasteiger charge is -2.44. The summed E-state index contributed by atoms with van der Waals surface area (Å²) < 4.78 is 0. The van der Waals surface area contributed by atoms with Crippen molar-refractivity contribution >= 4 is 6.98 Å². The Labute approximate surface area is 104 Å². The average Bonchev–Trinajstić information content (AvgIpc) is 1.99. The second-order valence-electron chi connectivity index (χ2n) is 5.90. The van der Waals surface area contributed by atoms with Gasteiger partial charge in [0.1, 0.15) is 0 Å². The van der Waals surface area contributed by atoms with Crippen molar-refractivity contribution in [1.82, 2.24) is 9.62 Å². The maximum absolute atomic E-state index is 2.58. The highest BCUT2D eigenvalue weighted by atomic mass is 15.3. The molecule has 0 heterocycles. The van der Waals surface area contributed by atoms with Crippen LogP contribution in [0.4, 0.5) is 0 Å². The van der Waals surface area contributed by atoms with Crippen LogP contribution in [0, 0.1) is 0 Å². The van der Waals surface area contributed by atoms with Crippen LogP contribution in [0.1, 0.15) is 55.4 Å². The molecule has 0 saturated carbocycles. The fraction of sp³-hybridized carbons (Fsp3) is 1.00. The van der Waals surface area contributed by atoms with Crippen LogP contribution in [0.2, 0.25) is 6.82 Å². The second kappa shape index (κ2) is 6.66. The summed E-state index contributed by atoms with van der Waals surface area (Å²) in [6.45, 7) is 21.1. The Balaban J connectivity index is 4.88. The first-order valence-electron chi connectivity index (χ1n) is 6.75. The molecule has 0 amide bonds. The fourth-order valence-electron chi connectivity index (χ4n) is 3.07. The molecule has 0 saturated heterocycles. The monoisotopic (exact) mass is 226 g/mol. The van der Waals surface area contributed by atoms with Gasteiger partial charge in [-0.25, -0.2) is 0 Å².